The van der Waals surface area contributed by atoms with Gasteiger partial charge in [-0.05, 0) is 61.7 Å². The number of hydrogen-bond donors (Lipinski definition) is 1. The molecule has 200 valence electrons. The molecule has 9 heteroatoms. The molecule has 2 aromatic heterocycles. The number of likely N-dealkylation sites (tertiary alicyclic amines) is 1. The highest BCUT2D eigenvalue weighted by molar-refractivity contribution is 5.86. The number of anilines is 1. The summed E-state index contributed by atoms with van der Waals surface area (Å²) in [6.45, 7) is 6.35. The van der Waals surface area contributed by atoms with Crippen LogP contribution in [-0.4, -0.2) is 51.5 Å². The van der Waals surface area contributed by atoms with Gasteiger partial charge in [0.1, 0.15) is 17.4 Å². The SMILES string of the molecule is CCCCOc1nc(NCc2ccc(OC)cc2)c2cnn(Cc3ccc(CN4CCCC4)c(F)c3)c2n1. The van der Waals surface area contributed by atoms with Crippen LogP contribution in [0.15, 0.2) is 48.7 Å². The van der Waals surface area contributed by atoms with E-state index in [2.05, 4.69) is 32.2 Å². The van der Waals surface area contributed by atoms with Crippen LogP contribution in [0, 0.1) is 5.82 Å². The van der Waals surface area contributed by atoms with Crippen molar-refractivity contribution in [2.24, 2.45) is 0 Å². The fourth-order valence-electron chi connectivity index (χ4n) is 4.66. The summed E-state index contributed by atoms with van der Waals surface area (Å²) in [4.78, 5) is 11.6. The topological polar surface area (TPSA) is 77.3 Å². The van der Waals surface area contributed by atoms with Crippen molar-refractivity contribution in [1.29, 1.82) is 0 Å². The lowest BCUT2D eigenvalue weighted by Gasteiger charge is -2.15. The molecule has 1 saturated heterocycles. The number of nitrogens with one attached hydrogen (secondary N) is 1. The van der Waals surface area contributed by atoms with Crippen molar-refractivity contribution in [3.8, 4) is 11.8 Å². The maximum absolute atomic E-state index is 14.9. The van der Waals surface area contributed by atoms with E-state index in [-0.39, 0.29) is 5.82 Å². The molecule has 1 aliphatic rings. The Labute approximate surface area is 222 Å². The summed E-state index contributed by atoms with van der Waals surface area (Å²) in [5.41, 5.74) is 3.30. The molecular formula is C29H35FN6O2. The second kappa shape index (κ2) is 12.2. The van der Waals surface area contributed by atoms with Gasteiger partial charge >= 0.3 is 6.01 Å². The first-order valence-corrected chi connectivity index (χ1v) is 13.4. The maximum Gasteiger partial charge on any atom is 0.320 e. The smallest absolute Gasteiger partial charge is 0.320 e. The lowest BCUT2D eigenvalue weighted by atomic mass is 10.1. The molecule has 4 aromatic rings. The van der Waals surface area contributed by atoms with Gasteiger partial charge < -0.3 is 14.8 Å². The Kier molecular flexibility index (Phi) is 8.33. The van der Waals surface area contributed by atoms with Crippen molar-refractivity contribution in [3.63, 3.8) is 0 Å². The van der Waals surface area contributed by atoms with Crippen LogP contribution in [0.25, 0.3) is 11.0 Å². The van der Waals surface area contributed by atoms with Crippen LogP contribution in [0.2, 0.25) is 0 Å². The van der Waals surface area contributed by atoms with Gasteiger partial charge in [0.2, 0.25) is 0 Å². The Morgan fingerprint density at radius 2 is 1.79 bits per heavy atom. The van der Waals surface area contributed by atoms with Gasteiger partial charge in [0.15, 0.2) is 5.65 Å². The van der Waals surface area contributed by atoms with Gasteiger partial charge in [0.05, 0.1) is 31.8 Å². The minimum absolute atomic E-state index is 0.175. The van der Waals surface area contributed by atoms with E-state index in [4.69, 9.17) is 9.47 Å². The van der Waals surface area contributed by atoms with Gasteiger partial charge in [-0.3, -0.25) is 4.90 Å². The molecule has 0 aliphatic carbocycles. The van der Waals surface area contributed by atoms with Crippen LogP contribution in [-0.2, 0) is 19.6 Å². The van der Waals surface area contributed by atoms with E-state index in [1.807, 2.05) is 36.4 Å². The van der Waals surface area contributed by atoms with Crippen molar-refractivity contribution in [2.75, 3.05) is 32.1 Å². The van der Waals surface area contributed by atoms with E-state index < -0.39 is 0 Å². The number of halogens is 1. The Balaban J connectivity index is 1.37. The number of fused-ring (bicyclic) bond motifs is 1. The standard InChI is InChI=1S/C29H35FN6O2/c1-3-4-15-38-29-33-27(31-17-21-8-11-24(37-2)12-9-21)25-18-32-36(28(25)34-29)19-22-7-10-23(26(30)16-22)20-35-13-5-6-14-35/h7-12,16,18H,3-6,13-15,17,19-20H2,1-2H3,(H,31,33,34). The van der Waals surface area contributed by atoms with Crippen LogP contribution < -0.4 is 14.8 Å². The van der Waals surface area contributed by atoms with Crippen molar-refractivity contribution in [2.45, 2.75) is 52.2 Å². The predicted octanol–water partition coefficient (Wildman–Crippen LogP) is 5.41. The van der Waals surface area contributed by atoms with Crippen molar-refractivity contribution >= 4 is 16.9 Å². The molecule has 0 radical (unpaired) electrons. The number of aromatic nitrogens is 4. The van der Waals surface area contributed by atoms with Gasteiger partial charge in [-0.25, -0.2) is 9.07 Å². The number of ether oxygens (including phenoxy) is 2. The number of rotatable bonds is 12. The van der Waals surface area contributed by atoms with Gasteiger partial charge in [-0.15, -0.1) is 0 Å². The molecule has 1 N–H and O–H groups in total. The largest absolute Gasteiger partial charge is 0.497 e. The first kappa shape index (κ1) is 25.9. The van der Waals surface area contributed by atoms with E-state index in [0.717, 1.165) is 53.8 Å². The zero-order valence-electron chi connectivity index (χ0n) is 22.1. The van der Waals surface area contributed by atoms with Crippen LogP contribution in [0.4, 0.5) is 10.2 Å². The molecule has 0 saturated carbocycles. The molecule has 3 heterocycles. The highest BCUT2D eigenvalue weighted by atomic mass is 19.1. The predicted molar refractivity (Wildman–Crippen MR) is 146 cm³/mol. The zero-order valence-corrected chi connectivity index (χ0v) is 22.1. The summed E-state index contributed by atoms with van der Waals surface area (Å²) in [7, 11) is 1.65. The number of benzene rings is 2. The van der Waals surface area contributed by atoms with Gasteiger partial charge in [-0.2, -0.15) is 15.1 Å². The lowest BCUT2D eigenvalue weighted by molar-refractivity contribution is 0.286. The summed E-state index contributed by atoms with van der Waals surface area (Å²) >= 11 is 0. The highest BCUT2D eigenvalue weighted by Crippen LogP contribution is 2.25. The number of hydrogen-bond acceptors (Lipinski definition) is 7. The molecule has 38 heavy (non-hydrogen) atoms. The molecule has 8 nitrogen and oxygen atoms in total. The number of methoxy groups -OCH3 is 1. The average molecular weight is 519 g/mol. The third-order valence-electron chi connectivity index (χ3n) is 6.87. The highest BCUT2D eigenvalue weighted by Gasteiger charge is 2.17. The van der Waals surface area contributed by atoms with Gasteiger partial charge in [0.25, 0.3) is 0 Å². The average Bonchev–Trinajstić information content (AvgIpc) is 3.60. The lowest BCUT2D eigenvalue weighted by Crippen LogP contribution is -2.19. The molecule has 0 spiro atoms. The van der Waals surface area contributed by atoms with E-state index in [1.165, 1.54) is 12.8 Å². The molecule has 0 bridgehead atoms. The summed E-state index contributed by atoms with van der Waals surface area (Å²) < 4.78 is 27.8. The van der Waals surface area contributed by atoms with Crippen LogP contribution in [0.3, 0.4) is 0 Å². The van der Waals surface area contributed by atoms with Gasteiger partial charge in [-0.1, -0.05) is 37.6 Å². The Morgan fingerprint density at radius 3 is 2.53 bits per heavy atom. The monoisotopic (exact) mass is 518 g/mol. The second-order valence-electron chi connectivity index (χ2n) is 9.71. The number of unbranched alkanes of at least 4 members (excludes halogenated alkanes) is 1. The van der Waals surface area contributed by atoms with Crippen LogP contribution >= 0.6 is 0 Å². The normalized spacial score (nSPS) is 13.8. The third-order valence-corrected chi connectivity index (χ3v) is 6.87. The third kappa shape index (κ3) is 6.22. The zero-order chi connectivity index (χ0) is 26.3. The van der Waals surface area contributed by atoms with Crippen LogP contribution in [0.1, 0.15) is 49.3 Å². The Hall–Kier alpha value is -3.72. The van der Waals surface area contributed by atoms with Crippen molar-refractivity contribution < 1.29 is 13.9 Å². The fraction of sp³-hybridized carbons (Fsp3) is 0.414. The second-order valence-corrected chi connectivity index (χ2v) is 9.71. The van der Waals surface area contributed by atoms with E-state index >= 15 is 0 Å². The molecule has 1 aliphatic heterocycles. The minimum Gasteiger partial charge on any atom is -0.497 e. The molecular weight excluding hydrogens is 483 g/mol. The summed E-state index contributed by atoms with van der Waals surface area (Å²) in [6.07, 6.45) is 6.06. The summed E-state index contributed by atoms with van der Waals surface area (Å²) in [5, 5.41) is 8.77. The fourth-order valence-corrected chi connectivity index (χ4v) is 4.66. The Bertz CT molecular complexity index is 1350. The molecule has 0 amide bonds. The van der Waals surface area contributed by atoms with Crippen molar-refractivity contribution in [1.82, 2.24) is 24.6 Å². The van der Waals surface area contributed by atoms with E-state index in [9.17, 15) is 4.39 Å². The number of nitrogens with zero attached hydrogens (tertiary/aromatic N) is 5. The molecule has 2 aromatic carbocycles. The first-order valence-electron chi connectivity index (χ1n) is 13.4. The molecule has 0 unspecified atom stereocenters. The minimum atomic E-state index is -0.175. The van der Waals surface area contributed by atoms with Crippen molar-refractivity contribution in [3.05, 3.63) is 71.2 Å². The maximum atomic E-state index is 14.9. The van der Waals surface area contributed by atoms with E-state index in [0.29, 0.717) is 43.7 Å². The summed E-state index contributed by atoms with van der Waals surface area (Å²) in [6, 6.07) is 13.7. The molecule has 1 fully saturated rings. The Morgan fingerprint density at radius 1 is 1.00 bits per heavy atom. The molecule has 5 rings (SSSR count). The first-order chi connectivity index (χ1) is 18.6. The summed E-state index contributed by atoms with van der Waals surface area (Å²) in [5.74, 6) is 1.29. The molecule has 0 atom stereocenters. The van der Waals surface area contributed by atoms with Gasteiger partial charge in [0, 0.05) is 18.7 Å². The quantitative estimate of drug-likeness (QED) is 0.251. The van der Waals surface area contributed by atoms with E-state index in [1.54, 1.807) is 24.1 Å². The van der Waals surface area contributed by atoms with Crippen LogP contribution in [0.5, 0.6) is 11.8 Å².